The van der Waals surface area contributed by atoms with Crippen molar-refractivity contribution >= 4 is 35.4 Å². The Labute approximate surface area is 164 Å². The van der Waals surface area contributed by atoms with Gasteiger partial charge in [-0.2, -0.15) is 0 Å². The molecule has 162 valence electrons. The first-order valence-electron chi connectivity index (χ1n) is 8.56. The molecule has 0 amide bonds. The van der Waals surface area contributed by atoms with E-state index in [9.17, 15) is 28.8 Å². The standard InChI is InChI=1S/C7H12O4.C6H10O3.C5H8O3/c1-3-10-6(8)5-7(9)11-4-2;1-3-9-6(8)4-5(2)7;1-4(6)3-5(7)8-2/h3-5H2,1-2H3;3-4H2,1-2H3;3H2,1-2H3. The van der Waals surface area contributed by atoms with E-state index in [2.05, 4.69) is 18.9 Å². The van der Waals surface area contributed by atoms with Gasteiger partial charge in [0.1, 0.15) is 30.8 Å². The van der Waals surface area contributed by atoms with E-state index in [4.69, 9.17) is 0 Å². The summed E-state index contributed by atoms with van der Waals surface area (Å²) < 4.78 is 17.7. The fourth-order valence-corrected chi connectivity index (χ4v) is 1.23. The van der Waals surface area contributed by atoms with E-state index in [0.29, 0.717) is 6.61 Å². The summed E-state index contributed by atoms with van der Waals surface area (Å²) in [5.74, 6) is -2.32. The second kappa shape index (κ2) is 20.5. The lowest BCUT2D eigenvalue weighted by atomic mass is 10.3. The van der Waals surface area contributed by atoms with Crippen molar-refractivity contribution in [2.45, 2.75) is 53.9 Å². The highest BCUT2D eigenvalue weighted by Gasteiger charge is 2.09. The number of carbonyl (C=O) groups excluding carboxylic acids is 6. The Kier molecular flexibility index (Phi) is 22.0. The number of hydrogen-bond donors (Lipinski definition) is 0. The molecule has 0 aliphatic heterocycles. The van der Waals surface area contributed by atoms with Gasteiger partial charge in [0.05, 0.1) is 26.9 Å². The molecule has 0 saturated heterocycles. The Balaban J connectivity index is -0.000000340. The van der Waals surface area contributed by atoms with E-state index in [-0.39, 0.29) is 44.0 Å². The number of hydrogen-bond acceptors (Lipinski definition) is 10. The molecule has 0 aliphatic rings. The Morgan fingerprint density at radius 3 is 1.04 bits per heavy atom. The maximum Gasteiger partial charge on any atom is 0.317 e. The Bertz CT molecular complexity index is 494. The average Bonchev–Trinajstić information content (AvgIpc) is 2.55. The van der Waals surface area contributed by atoms with Gasteiger partial charge in [-0.25, -0.2) is 0 Å². The van der Waals surface area contributed by atoms with Crippen LogP contribution in [0.2, 0.25) is 0 Å². The maximum atomic E-state index is 10.6. The molecule has 0 fully saturated rings. The van der Waals surface area contributed by atoms with Crippen molar-refractivity contribution in [3.63, 3.8) is 0 Å². The molecule has 0 aromatic heterocycles. The summed E-state index contributed by atoms with van der Waals surface area (Å²) in [4.78, 5) is 62.1. The summed E-state index contributed by atoms with van der Waals surface area (Å²) in [6.07, 6.45) is -0.508. The molecule has 10 nitrogen and oxygen atoms in total. The van der Waals surface area contributed by atoms with Crippen molar-refractivity contribution in [2.24, 2.45) is 0 Å². The maximum absolute atomic E-state index is 10.6. The third-order valence-electron chi connectivity index (χ3n) is 2.22. The lowest BCUT2D eigenvalue weighted by molar-refractivity contribution is -0.154. The predicted octanol–water partition coefficient (Wildman–Crippen LogP) is 1.17. The molecule has 0 heterocycles. The lowest BCUT2D eigenvalue weighted by Crippen LogP contribution is -2.13. The van der Waals surface area contributed by atoms with Gasteiger partial charge in [0.25, 0.3) is 0 Å². The molecule has 0 aliphatic carbocycles. The first-order chi connectivity index (χ1) is 13.0. The summed E-state index contributed by atoms with van der Waals surface area (Å²) in [6, 6.07) is 0. The number of ketones is 2. The van der Waals surface area contributed by atoms with Gasteiger partial charge in [-0.3, -0.25) is 28.8 Å². The minimum Gasteiger partial charge on any atom is -0.469 e. The van der Waals surface area contributed by atoms with Crippen LogP contribution in [0.4, 0.5) is 0 Å². The summed E-state index contributed by atoms with van der Waals surface area (Å²) >= 11 is 0. The molecule has 0 aromatic carbocycles. The molecule has 0 N–H and O–H groups in total. The number of carbonyl (C=O) groups is 6. The van der Waals surface area contributed by atoms with E-state index < -0.39 is 23.9 Å². The molecule has 0 unspecified atom stereocenters. The Morgan fingerprint density at radius 1 is 0.536 bits per heavy atom. The molecule has 0 saturated carbocycles. The average molecular weight is 406 g/mol. The molecular formula is C18H30O10. The van der Waals surface area contributed by atoms with Gasteiger partial charge in [0.15, 0.2) is 0 Å². The molecule has 0 atom stereocenters. The molecule has 0 aromatic rings. The zero-order chi connectivity index (χ0) is 22.5. The highest BCUT2D eigenvalue weighted by atomic mass is 16.6. The van der Waals surface area contributed by atoms with Crippen molar-refractivity contribution in [3.05, 3.63) is 0 Å². The zero-order valence-electron chi connectivity index (χ0n) is 17.3. The first kappa shape index (κ1) is 30.0. The largest absolute Gasteiger partial charge is 0.469 e. The SMILES string of the molecule is CCOC(=O)CC(=O)OCC.CCOC(=O)CC(C)=O.COC(=O)CC(C)=O. The normalized spacial score (nSPS) is 8.64. The fourth-order valence-electron chi connectivity index (χ4n) is 1.23. The number of methoxy groups -OCH3 is 1. The highest BCUT2D eigenvalue weighted by Crippen LogP contribution is 1.90. The Hall–Kier alpha value is -2.78. The van der Waals surface area contributed by atoms with Gasteiger partial charge in [0, 0.05) is 0 Å². The summed E-state index contributed by atoms with van der Waals surface area (Å²) in [6.45, 7) is 8.70. The summed E-state index contributed by atoms with van der Waals surface area (Å²) in [7, 11) is 1.26. The van der Waals surface area contributed by atoms with Crippen LogP contribution >= 0.6 is 0 Å². The molecule has 0 bridgehead atoms. The zero-order valence-corrected chi connectivity index (χ0v) is 17.3. The van der Waals surface area contributed by atoms with Crippen LogP contribution in [0.25, 0.3) is 0 Å². The molecule has 0 rings (SSSR count). The topological polar surface area (TPSA) is 139 Å². The Morgan fingerprint density at radius 2 is 0.821 bits per heavy atom. The van der Waals surface area contributed by atoms with Gasteiger partial charge in [-0.1, -0.05) is 0 Å². The van der Waals surface area contributed by atoms with Crippen LogP contribution in [0, 0.1) is 0 Å². The van der Waals surface area contributed by atoms with E-state index in [1.807, 2.05) is 0 Å². The molecule has 0 radical (unpaired) electrons. The van der Waals surface area contributed by atoms with E-state index in [1.54, 1.807) is 20.8 Å². The molecule has 10 heteroatoms. The van der Waals surface area contributed by atoms with E-state index in [1.165, 1.54) is 21.0 Å². The monoisotopic (exact) mass is 406 g/mol. The van der Waals surface area contributed by atoms with Crippen LogP contribution in [0.1, 0.15) is 53.9 Å². The highest BCUT2D eigenvalue weighted by molar-refractivity contribution is 5.94. The molecule has 0 spiro atoms. The minimum absolute atomic E-state index is 0.103. The minimum atomic E-state index is -0.536. The van der Waals surface area contributed by atoms with Gasteiger partial charge in [-0.05, 0) is 34.6 Å². The second-order valence-corrected chi connectivity index (χ2v) is 4.93. The number of esters is 4. The third-order valence-corrected chi connectivity index (χ3v) is 2.22. The van der Waals surface area contributed by atoms with Crippen LogP contribution < -0.4 is 0 Å². The number of rotatable bonds is 9. The quantitative estimate of drug-likeness (QED) is 0.311. The number of ether oxygens (including phenoxy) is 4. The van der Waals surface area contributed by atoms with Crippen LogP contribution in [0.15, 0.2) is 0 Å². The lowest BCUT2D eigenvalue weighted by Gasteiger charge is -2.00. The van der Waals surface area contributed by atoms with Crippen molar-refractivity contribution < 1.29 is 47.7 Å². The third kappa shape index (κ3) is 28.0. The van der Waals surface area contributed by atoms with Gasteiger partial charge in [0.2, 0.25) is 0 Å². The predicted molar refractivity (Wildman–Crippen MR) is 97.1 cm³/mol. The number of Topliss-reactive ketones (excluding diaryl/α,β-unsaturated/α-hetero) is 2. The molecular weight excluding hydrogens is 376 g/mol. The van der Waals surface area contributed by atoms with Crippen molar-refractivity contribution in [3.8, 4) is 0 Å². The first-order valence-corrected chi connectivity index (χ1v) is 8.56. The van der Waals surface area contributed by atoms with Crippen LogP contribution in [0.5, 0.6) is 0 Å². The smallest absolute Gasteiger partial charge is 0.317 e. The van der Waals surface area contributed by atoms with Crippen molar-refractivity contribution in [1.29, 1.82) is 0 Å². The van der Waals surface area contributed by atoms with Gasteiger partial charge in [-0.15, -0.1) is 0 Å². The second-order valence-electron chi connectivity index (χ2n) is 4.93. The van der Waals surface area contributed by atoms with E-state index >= 15 is 0 Å². The molecule has 28 heavy (non-hydrogen) atoms. The van der Waals surface area contributed by atoms with Gasteiger partial charge >= 0.3 is 23.9 Å². The van der Waals surface area contributed by atoms with Crippen LogP contribution in [-0.4, -0.2) is 62.4 Å². The van der Waals surface area contributed by atoms with Gasteiger partial charge < -0.3 is 18.9 Å². The fraction of sp³-hybridized carbons (Fsp3) is 0.667. The van der Waals surface area contributed by atoms with E-state index in [0.717, 1.165) is 0 Å². The van der Waals surface area contributed by atoms with Crippen LogP contribution in [0.3, 0.4) is 0 Å². The van der Waals surface area contributed by atoms with Crippen molar-refractivity contribution in [1.82, 2.24) is 0 Å². The summed E-state index contributed by atoms with van der Waals surface area (Å²) in [5.41, 5.74) is 0. The summed E-state index contributed by atoms with van der Waals surface area (Å²) in [5, 5.41) is 0. The van der Waals surface area contributed by atoms with Crippen molar-refractivity contribution in [2.75, 3.05) is 26.9 Å². The van der Waals surface area contributed by atoms with Crippen LogP contribution in [-0.2, 0) is 47.7 Å².